The van der Waals surface area contributed by atoms with Crippen molar-refractivity contribution >= 4 is 17.8 Å². The summed E-state index contributed by atoms with van der Waals surface area (Å²) in [5.74, 6) is 0. The Labute approximate surface area is 95.8 Å². The molecular formula is C13H15N3. The third kappa shape index (κ3) is 2.45. The Hall–Kier alpha value is -2.16. The van der Waals surface area contributed by atoms with E-state index in [1.165, 1.54) is 4.80 Å². The van der Waals surface area contributed by atoms with Crippen LogP contribution in [0, 0.1) is 0 Å². The number of nitrogens with zero attached hydrogens (tertiary/aromatic N) is 3. The minimum absolute atomic E-state index is 0.745. The van der Waals surface area contributed by atoms with Crippen LogP contribution in [0.1, 0.15) is 18.3 Å². The zero-order valence-corrected chi connectivity index (χ0v) is 9.43. The molecule has 1 heterocycles. The van der Waals surface area contributed by atoms with E-state index in [1.54, 1.807) is 24.3 Å². The van der Waals surface area contributed by atoms with Gasteiger partial charge < -0.3 is 0 Å². The van der Waals surface area contributed by atoms with Crippen molar-refractivity contribution in [1.82, 2.24) is 15.0 Å². The molecule has 3 nitrogen and oxygen atoms in total. The fourth-order valence-electron chi connectivity index (χ4n) is 1.20. The van der Waals surface area contributed by atoms with Gasteiger partial charge in [0.2, 0.25) is 0 Å². The van der Waals surface area contributed by atoms with Crippen LogP contribution in [0.15, 0.2) is 44.0 Å². The molecule has 3 heteroatoms. The second-order valence-electron chi connectivity index (χ2n) is 3.00. The minimum atomic E-state index is 0.745. The average Bonchev–Trinajstić information content (AvgIpc) is 2.69. The van der Waals surface area contributed by atoms with Gasteiger partial charge in [0.15, 0.2) is 0 Å². The van der Waals surface area contributed by atoms with Gasteiger partial charge in [-0.2, -0.15) is 4.80 Å². The smallest absolute Gasteiger partial charge is 0.113 e. The molecule has 0 spiro atoms. The van der Waals surface area contributed by atoms with Crippen molar-refractivity contribution in [2.45, 2.75) is 6.92 Å². The van der Waals surface area contributed by atoms with E-state index in [0.717, 1.165) is 17.1 Å². The van der Waals surface area contributed by atoms with E-state index < -0.39 is 0 Å². The van der Waals surface area contributed by atoms with Gasteiger partial charge in [-0.1, -0.05) is 31.9 Å². The molecule has 0 unspecified atom stereocenters. The first-order valence-electron chi connectivity index (χ1n) is 4.94. The SMILES string of the molecule is C=C/C=C(\C=C)n1nc(C=C)c(/C=C\C)n1. The van der Waals surface area contributed by atoms with Crippen molar-refractivity contribution in [2.75, 3.05) is 0 Å². The molecule has 0 aliphatic carbocycles. The molecule has 0 radical (unpaired) electrons. The minimum Gasteiger partial charge on any atom is -0.150 e. The molecule has 0 amide bonds. The lowest BCUT2D eigenvalue weighted by Crippen LogP contribution is -1.99. The summed E-state index contributed by atoms with van der Waals surface area (Å²) in [4.78, 5) is 1.51. The zero-order chi connectivity index (χ0) is 12.0. The third-order valence-corrected chi connectivity index (χ3v) is 1.91. The van der Waals surface area contributed by atoms with Gasteiger partial charge in [-0.3, -0.25) is 0 Å². The molecule has 0 atom stereocenters. The molecule has 0 saturated carbocycles. The van der Waals surface area contributed by atoms with E-state index in [-0.39, 0.29) is 0 Å². The molecular weight excluding hydrogens is 198 g/mol. The van der Waals surface area contributed by atoms with E-state index >= 15 is 0 Å². The first kappa shape index (κ1) is 11.9. The predicted molar refractivity (Wildman–Crippen MR) is 69.5 cm³/mol. The summed E-state index contributed by atoms with van der Waals surface area (Å²) in [6, 6.07) is 0. The Morgan fingerprint density at radius 2 is 1.88 bits per heavy atom. The van der Waals surface area contributed by atoms with Crippen molar-refractivity contribution in [3.05, 3.63) is 55.4 Å². The van der Waals surface area contributed by atoms with Gasteiger partial charge in [-0.25, -0.2) is 0 Å². The quantitative estimate of drug-likeness (QED) is 0.703. The number of rotatable bonds is 5. The summed E-state index contributed by atoms with van der Waals surface area (Å²) < 4.78 is 0. The first-order chi connectivity index (χ1) is 7.76. The Bertz CT molecular complexity index is 462. The molecule has 1 aromatic heterocycles. The lowest BCUT2D eigenvalue weighted by atomic mass is 10.3. The molecule has 16 heavy (non-hydrogen) atoms. The second-order valence-corrected chi connectivity index (χ2v) is 3.00. The van der Waals surface area contributed by atoms with E-state index in [2.05, 4.69) is 29.9 Å². The van der Waals surface area contributed by atoms with E-state index in [9.17, 15) is 0 Å². The van der Waals surface area contributed by atoms with Crippen molar-refractivity contribution in [1.29, 1.82) is 0 Å². The van der Waals surface area contributed by atoms with Gasteiger partial charge in [-0.05, 0) is 31.2 Å². The van der Waals surface area contributed by atoms with Gasteiger partial charge >= 0.3 is 0 Å². The maximum Gasteiger partial charge on any atom is 0.113 e. The average molecular weight is 213 g/mol. The molecule has 0 aliphatic rings. The molecule has 1 aromatic rings. The van der Waals surface area contributed by atoms with E-state index in [0.29, 0.717) is 0 Å². The predicted octanol–water partition coefficient (Wildman–Crippen LogP) is 3.17. The van der Waals surface area contributed by atoms with Crippen LogP contribution in [0.5, 0.6) is 0 Å². The van der Waals surface area contributed by atoms with Crippen molar-refractivity contribution in [2.24, 2.45) is 0 Å². The highest BCUT2D eigenvalue weighted by Crippen LogP contribution is 2.10. The van der Waals surface area contributed by atoms with Crippen LogP contribution in [0.3, 0.4) is 0 Å². The maximum absolute atomic E-state index is 4.32. The molecule has 0 fully saturated rings. The number of aromatic nitrogens is 3. The summed E-state index contributed by atoms with van der Waals surface area (Å²) in [6.45, 7) is 13.0. The Morgan fingerprint density at radius 1 is 1.19 bits per heavy atom. The van der Waals surface area contributed by atoms with E-state index in [4.69, 9.17) is 0 Å². The standard InChI is InChI=1S/C13H15N3/c1-5-9-11(7-3)16-14-12(8-4)13(15-16)10-6-2/h5-10H,1,3-4H2,2H3/b10-6-,11-9+. The van der Waals surface area contributed by atoms with Gasteiger partial charge in [-0.15, -0.1) is 10.2 Å². The molecule has 1 rings (SSSR count). The van der Waals surface area contributed by atoms with Crippen LogP contribution in [-0.2, 0) is 0 Å². The fourth-order valence-corrected chi connectivity index (χ4v) is 1.20. The Balaban J connectivity index is 3.25. The first-order valence-corrected chi connectivity index (χ1v) is 4.94. The largest absolute Gasteiger partial charge is 0.150 e. The number of hydrogen-bond donors (Lipinski definition) is 0. The van der Waals surface area contributed by atoms with Crippen LogP contribution < -0.4 is 0 Å². The Morgan fingerprint density at radius 3 is 2.38 bits per heavy atom. The van der Waals surface area contributed by atoms with Crippen LogP contribution in [0.2, 0.25) is 0 Å². The summed E-state index contributed by atoms with van der Waals surface area (Å²) in [6.07, 6.45) is 10.6. The molecule has 0 bridgehead atoms. The highest BCUT2D eigenvalue weighted by molar-refractivity contribution is 5.61. The molecule has 0 saturated heterocycles. The van der Waals surface area contributed by atoms with Crippen LogP contribution >= 0.6 is 0 Å². The second kappa shape index (κ2) is 5.66. The highest BCUT2D eigenvalue weighted by atomic mass is 15.5. The van der Waals surface area contributed by atoms with Crippen LogP contribution in [0.4, 0.5) is 0 Å². The summed E-state index contributed by atoms with van der Waals surface area (Å²) in [7, 11) is 0. The molecule has 0 aliphatic heterocycles. The summed E-state index contributed by atoms with van der Waals surface area (Å²) in [5, 5.41) is 8.61. The summed E-state index contributed by atoms with van der Waals surface area (Å²) >= 11 is 0. The maximum atomic E-state index is 4.32. The van der Waals surface area contributed by atoms with Gasteiger partial charge in [0.05, 0.1) is 5.70 Å². The number of allylic oxidation sites excluding steroid dienone is 5. The number of hydrogen-bond acceptors (Lipinski definition) is 2. The monoisotopic (exact) mass is 213 g/mol. The topological polar surface area (TPSA) is 30.7 Å². The van der Waals surface area contributed by atoms with Gasteiger partial charge in [0, 0.05) is 0 Å². The van der Waals surface area contributed by atoms with Gasteiger partial charge in [0.1, 0.15) is 11.4 Å². The van der Waals surface area contributed by atoms with Crippen LogP contribution in [-0.4, -0.2) is 15.0 Å². The Kier molecular flexibility index (Phi) is 4.21. The zero-order valence-electron chi connectivity index (χ0n) is 9.43. The van der Waals surface area contributed by atoms with E-state index in [1.807, 2.05) is 19.1 Å². The highest BCUT2D eigenvalue weighted by Gasteiger charge is 2.06. The van der Waals surface area contributed by atoms with Crippen molar-refractivity contribution in [3.63, 3.8) is 0 Å². The molecule has 0 N–H and O–H groups in total. The molecule has 82 valence electrons. The lowest BCUT2D eigenvalue weighted by molar-refractivity contribution is 0.773. The summed E-state index contributed by atoms with van der Waals surface area (Å²) in [5.41, 5.74) is 2.30. The van der Waals surface area contributed by atoms with Crippen molar-refractivity contribution in [3.8, 4) is 0 Å². The van der Waals surface area contributed by atoms with Crippen LogP contribution in [0.25, 0.3) is 17.8 Å². The molecule has 0 aromatic carbocycles. The fraction of sp³-hybridized carbons (Fsp3) is 0.0769. The normalized spacial score (nSPS) is 11.7. The van der Waals surface area contributed by atoms with Gasteiger partial charge in [0.25, 0.3) is 0 Å². The lowest BCUT2D eigenvalue weighted by Gasteiger charge is -1.96. The van der Waals surface area contributed by atoms with Crippen molar-refractivity contribution < 1.29 is 0 Å². The third-order valence-electron chi connectivity index (χ3n) is 1.91.